The molecule has 0 fully saturated rings. The molecule has 0 bridgehead atoms. The highest BCUT2D eigenvalue weighted by Gasteiger charge is 2.26. The molecule has 1 aromatic carbocycles. The lowest BCUT2D eigenvalue weighted by Gasteiger charge is -2.28. The molecule has 1 aliphatic heterocycles. The third kappa shape index (κ3) is 6.77. The topological polar surface area (TPSA) is 59.1 Å². The van der Waals surface area contributed by atoms with Gasteiger partial charge in [0.25, 0.3) is 0 Å². The SMILES string of the molecule is CC(C)(C)OC(=O)CN1CCCN(CC(=O)OC(C)(C)C)c2ccccc21. The fraction of sp³-hybridized carbons (Fsp3) is 0.619. The quantitative estimate of drug-likeness (QED) is 0.751. The summed E-state index contributed by atoms with van der Waals surface area (Å²) in [6.07, 6.45) is 0.834. The first-order chi connectivity index (χ1) is 12.4. The summed E-state index contributed by atoms with van der Waals surface area (Å²) in [6, 6.07) is 7.84. The number of nitrogens with zero attached hydrogens (tertiary/aromatic N) is 2. The number of fused-ring (bicyclic) bond motifs is 1. The molecule has 0 radical (unpaired) electrons. The average Bonchev–Trinajstić information content (AvgIpc) is 2.64. The molecule has 0 aliphatic carbocycles. The molecule has 0 spiro atoms. The maximum atomic E-state index is 12.3. The Morgan fingerprint density at radius 2 is 1.19 bits per heavy atom. The van der Waals surface area contributed by atoms with E-state index in [1.165, 1.54) is 0 Å². The second-order valence-corrected chi connectivity index (χ2v) is 8.86. The molecule has 0 N–H and O–H groups in total. The fourth-order valence-corrected chi connectivity index (χ4v) is 3.08. The first kappa shape index (κ1) is 21.1. The minimum Gasteiger partial charge on any atom is -0.459 e. The number of anilines is 2. The predicted octanol–water partition coefficient (Wildman–Crippen LogP) is 3.39. The van der Waals surface area contributed by atoms with Gasteiger partial charge in [0.05, 0.1) is 11.4 Å². The highest BCUT2D eigenvalue weighted by Crippen LogP contribution is 2.32. The summed E-state index contributed by atoms with van der Waals surface area (Å²) in [5, 5.41) is 0. The summed E-state index contributed by atoms with van der Waals surface area (Å²) in [5.41, 5.74) is 0.852. The zero-order valence-corrected chi connectivity index (χ0v) is 17.4. The van der Waals surface area contributed by atoms with E-state index >= 15 is 0 Å². The van der Waals surface area contributed by atoms with Gasteiger partial charge in [0, 0.05) is 13.1 Å². The van der Waals surface area contributed by atoms with Gasteiger partial charge in [0.15, 0.2) is 0 Å². The Balaban J connectivity index is 2.17. The van der Waals surface area contributed by atoms with E-state index in [9.17, 15) is 9.59 Å². The van der Waals surface area contributed by atoms with Gasteiger partial charge in [0.1, 0.15) is 24.3 Å². The second-order valence-electron chi connectivity index (χ2n) is 8.86. The Kier molecular flexibility index (Phi) is 6.39. The molecule has 6 nitrogen and oxygen atoms in total. The molecule has 0 aromatic heterocycles. The van der Waals surface area contributed by atoms with E-state index in [2.05, 4.69) is 0 Å². The van der Waals surface area contributed by atoms with E-state index in [4.69, 9.17) is 9.47 Å². The second kappa shape index (κ2) is 8.19. The number of para-hydroxylation sites is 2. The van der Waals surface area contributed by atoms with Crippen molar-refractivity contribution in [1.82, 2.24) is 0 Å². The first-order valence-electron chi connectivity index (χ1n) is 9.47. The lowest BCUT2D eigenvalue weighted by atomic mass is 10.2. The van der Waals surface area contributed by atoms with Gasteiger partial charge in [-0.15, -0.1) is 0 Å². The molecule has 1 aliphatic rings. The van der Waals surface area contributed by atoms with Crippen LogP contribution in [0.1, 0.15) is 48.0 Å². The van der Waals surface area contributed by atoms with E-state index in [0.717, 1.165) is 30.9 Å². The third-order valence-corrected chi connectivity index (χ3v) is 3.90. The number of rotatable bonds is 4. The van der Waals surface area contributed by atoms with E-state index < -0.39 is 11.2 Å². The standard InChI is InChI=1S/C21H32N2O4/c1-20(2,3)26-18(24)14-22-12-9-13-23(15-19(25)27-21(4,5)6)17-11-8-7-10-16(17)22/h7-8,10-11H,9,12-15H2,1-6H3. The smallest absolute Gasteiger partial charge is 0.326 e. The lowest BCUT2D eigenvalue weighted by Crippen LogP contribution is -2.35. The molecule has 1 aromatic rings. The van der Waals surface area contributed by atoms with Crippen molar-refractivity contribution in [2.75, 3.05) is 36.0 Å². The van der Waals surface area contributed by atoms with Crippen LogP contribution < -0.4 is 9.80 Å². The first-order valence-corrected chi connectivity index (χ1v) is 9.47. The van der Waals surface area contributed by atoms with Crippen LogP contribution in [0.25, 0.3) is 0 Å². The number of hydrogen-bond acceptors (Lipinski definition) is 6. The molecule has 0 unspecified atom stereocenters. The Morgan fingerprint density at radius 3 is 1.52 bits per heavy atom. The highest BCUT2D eigenvalue weighted by molar-refractivity contribution is 5.83. The number of carbonyl (C=O) groups excluding carboxylic acids is 2. The highest BCUT2D eigenvalue weighted by atomic mass is 16.6. The molecule has 0 atom stereocenters. The van der Waals surface area contributed by atoms with Crippen LogP contribution in [0.15, 0.2) is 24.3 Å². The Bertz CT molecular complexity index is 616. The molecule has 6 heteroatoms. The van der Waals surface area contributed by atoms with E-state index in [1.807, 2.05) is 75.6 Å². The van der Waals surface area contributed by atoms with Gasteiger partial charge in [-0.1, -0.05) is 12.1 Å². The average molecular weight is 376 g/mol. The summed E-state index contributed by atoms with van der Waals surface area (Å²) in [4.78, 5) is 28.7. The van der Waals surface area contributed by atoms with Crippen molar-refractivity contribution < 1.29 is 19.1 Å². The maximum absolute atomic E-state index is 12.3. The van der Waals surface area contributed by atoms with E-state index in [0.29, 0.717) is 0 Å². The predicted molar refractivity (Wildman–Crippen MR) is 107 cm³/mol. The van der Waals surface area contributed by atoms with E-state index in [1.54, 1.807) is 0 Å². The largest absolute Gasteiger partial charge is 0.459 e. The van der Waals surface area contributed by atoms with Crippen LogP contribution in [-0.2, 0) is 19.1 Å². The number of carbonyl (C=O) groups is 2. The van der Waals surface area contributed by atoms with Crippen LogP contribution in [0.3, 0.4) is 0 Å². The van der Waals surface area contributed by atoms with Crippen LogP contribution in [-0.4, -0.2) is 49.3 Å². The summed E-state index contributed by atoms with van der Waals surface area (Å²) >= 11 is 0. The molecule has 2 rings (SSSR count). The van der Waals surface area contributed by atoms with Gasteiger partial charge >= 0.3 is 11.9 Å². The van der Waals surface area contributed by atoms with Crippen LogP contribution in [0.4, 0.5) is 11.4 Å². The molecule has 0 amide bonds. The molecular weight excluding hydrogens is 344 g/mol. The molecular formula is C21H32N2O4. The Hall–Kier alpha value is -2.24. The van der Waals surface area contributed by atoms with Gasteiger partial charge in [-0.2, -0.15) is 0 Å². The number of esters is 2. The zero-order chi connectivity index (χ0) is 20.2. The van der Waals surface area contributed by atoms with Gasteiger partial charge in [0.2, 0.25) is 0 Å². The van der Waals surface area contributed by atoms with Crippen molar-refractivity contribution in [3.8, 4) is 0 Å². The summed E-state index contributed by atoms with van der Waals surface area (Å²) < 4.78 is 10.9. The minimum absolute atomic E-state index is 0.189. The summed E-state index contributed by atoms with van der Waals surface area (Å²) in [5.74, 6) is -0.504. The van der Waals surface area contributed by atoms with Gasteiger partial charge in [-0.05, 0) is 60.1 Å². The Labute approximate surface area is 162 Å². The van der Waals surface area contributed by atoms with Crippen LogP contribution in [0, 0.1) is 0 Å². The van der Waals surface area contributed by atoms with Crippen molar-refractivity contribution in [2.45, 2.75) is 59.2 Å². The number of benzene rings is 1. The normalized spacial score (nSPS) is 15.0. The molecule has 27 heavy (non-hydrogen) atoms. The zero-order valence-electron chi connectivity index (χ0n) is 17.4. The van der Waals surface area contributed by atoms with Gasteiger partial charge < -0.3 is 19.3 Å². The lowest BCUT2D eigenvalue weighted by molar-refractivity contribution is -0.154. The van der Waals surface area contributed by atoms with Crippen molar-refractivity contribution >= 4 is 23.3 Å². The van der Waals surface area contributed by atoms with E-state index in [-0.39, 0.29) is 25.0 Å². The number of ether oxygens (including phenoxy) is 2. The monoisotopic (exact) mass is 376 g/mol. The van der Waals surface area contributed by atoms with Crippen molar-refractivity contribution in [3.63, 3.8) is 0 Å². The van der Waals surface area contributed by atoms with Gasteiger partial charge in [-0.25, -0.2) is 0 Å². The minimum atomic E-state index is -0.509. The molecule has 1 heterocycles. The van der Waals surface area contributed by atoms with Crippen LogP contribution in [0.2, 0.25) is 0 Å². The summed E-state index contributed by atoms with van der Waals surface area (Å²) in [6.45, 7) is 13.0. The Morgan fingerprint density at radius 1 is 0.815 bits per heavy atom. The number of hydrogen-bond donors (Lipinski definition) is 0. The fourth-order valence-electron chi connectivity index (χ4n) is 3.08. The van der Waals surface area contributed by atoms with Gasteiger partial charge in [-0.3, -0.25) is 9.59 Å². The maximum Gasteiger partial charge on any atom is 0.326 e. The third-order valence-electron chi connectivity index (χ3n) is 3.90. The summed E-state index contributed by atoms with van der Waals surface area (Å²) in [7, 11) is 0. The molecule has 0 saturated carbocycles. The van der Waals surface area contributed by atoms with Crippen LogP contribution >= 0.6 is 0 Å². The van der Waals surface area contributed by atoms with Crippen LogP contribution in [0.5, 0.6) is 0 Å². The molecule has 0 saturated heterocycles. The molecule has 150 valence electrons. The van der Waals surface area contributed by atoms with Crippen molar-refractivity contribution in [1.29, 1.82) is 0 Å². The van der Waals surface area contributed by atoms with Crippen molar-refractivity contribution in [2.24, 2.45) is 0 Å². The van der Waals surface area contributed by atoms with Crippen molar-refractivity contribution in [3.05, 3.63) is 24.3 Å².